The van der Waals surface area contributed by atoms with Crippen molar-refractivity contribution in [1.82, 2.24) is 9.80 Å². The van der Waals surface area contributed by atoms with Crippen molar-refractivity contribution in [3.63, 3.8) is 0 Å². The van der Waals surface area contributed by atoms with Crippen molar-refractivity contribution < 1.29 is 8.42 Å². The molecule has 0 amide bonds. The third kappa shape index (κ3) is 4.27. The zero-order chi connectivity index (χ0) is 19.1. The first-order valence-corrected chi connectivity index (χ1v) is 10.8. The molecule has 2 aliphatic heterocycles. The third-order valence-corrected chi connectivity index (χ3v) is 6.90. The van der Waals surface area contributed by atoms with Gasteiger partial charge in [-0.1, -0.05) is 46.6 Å². The molecule has 1 aromatic rings. The molecule has 0 spiro atoms. The van der Waals surface area contributed by atoms with Crippen LogP contribution in [-0.4, -0.2) is 34.6 Å². The minimum absolute atomic E-state index is 0.0367. The largest absolute Gasteiger partial charge is 0.354 e. The van der Waals surface area contributed by atoms with Gasteiger partial charge in [0.1, 0.15) is 0 Å². The van der Waals surface area contributed by atoms with Crippen LogP contribution in [0.25, 0.3) is 0 Å². The van der Waals surface area contributed by atoms with E-state index >= 15 is 0 Å². The van der Waals surface area contributed by atoms with Gasteiger partial charge in [-0.25, -0.2) is 13.6 Å². The molecule has 2 aliphatic rings. The summed E-state index contributed by atoms with van der Waals surface area (Å²) in [5.74, 6) is 0. The molecule has 2 heterocycles. The van der Waals surface area contributed by atoms with E-state index in [2.05, 4.69) is 0 Å². The Morgan fingerprint density at radius 2 is 1.65 bits per heavy atom. The molecule has 0 saturated heterocycles. The fraction of sp³-hybridized carbons (Fsp3) is 0.200. The maximum Gasteiger partial charge on any atom is 0.238 e. The van der Waals surface area contributed by atoms with Crippen LogP contribution in [0.5, 0.6) is 0 Å². The van der Waals surface area contributed by atoms with Crippen molar-refractivity contribution in [2.24, 2.45) is 5.14 Å². The number of hydrogen-bond acceptors (Lipinski definition) is 6. The zero-order valence-electron chi connectivity index (χ0n) is 13.5. The molecule has 11 heteroatoms. The summed E-state index contributed by atoms with van der Waals surface area (Å²) in [6.45, 7) is 0. The number of primary sulfonamides is 1. The monoisotopic (exact) mass is 452 g/mol. The average Bonchev–Trinajstić information content (AvgIpc) is 3.00. The van der Waals surface area contributed by atoms with Gasteiger partial charge in [-0.3, -0.25) is 0 Å². The number of rotatable bonds is 3. The number of alkyl halides is 3. The zero-order valence-corrected chi connectivity index (χ0v) is 17.4. The Hall–Kier alpha value is -1.03. The first-order chi connectivity index (χ1) is 12.1. The van der Waals surface area contributed by atoms with Crippen molar-refractivity contribution in [2.45, 2.75) is 14.2 Å². The second-order valence-electron chi connectivity index (χ2n) is 5.59. The van der Waals surface area contributed by atoms with E-state index in [9.17, 15) is 8.42 Å². The number of anilines is 1. The second-order valence-corrected chi connectivity index (χ2v) is 10.5. The van der Waals surface area contributed by atoms with Gasteiger partial charge < -0.3 is 14.7 Å². The Kier molecular flexibility index (Phi) is 5.45. The van der Waals surface area contributed by atoms with Gasteiger partial charge in [0.05, 0.1) is 9.80 Å². The molecule has 0 fully saturated rings. The number of nitrogens with zero attached hydrogens (tertiary/aromatic N) is 3. The summed E-state index contributed by atoms with van der Waals surface area (Å²) in [7, 11) is -1.84. The Morgan fingerprint density at radius 3 is 2.15 bits per heavy atom. The van der Waals surface area contributed by atoms with Gasteiger partial charge >= 0.3 is 0 Å². The van der Waals surface area contributed by atoms with Gasteiger partial charge in [-0.05, 0) is 24.3 Å². The van der Waals surface area contributed by atoms with Crippen LogP contribution in [0.4, 0.5) is 5.69 Å². The van der Waals surface area contributed by atoms with Crippen molar-refractivity contribution >= 4 is 62.3 Å². The van der Waals surface area contributed by atoms with Gasteiger partial charge in [0.2, 0.25) is 13.8 Å². The molecule has 0 radical (unpaired) electrons. The van der Waals surface area contributed by atoms with Gasteiger partial charge in [0, 0.05) is 43.7 Å². The van der Waals surface area contributed by atoms with Gasteiger partial charge in [-0.2, -0.15) is 0 Å². The maximum atomic E-state index is 11.5. The quantitative estimate of drug-likeness (QED) is 0.706. The van der Waals surface area contributed by atoms with Crippen LogP contribution in [0.3, 0.4) is 0 Å². The topological polar surface area (TPSA) is 69.9 Å². The summed E-state index contributed by atoms with van der Waals surface area (Å²) < 4.78 is 21.4. The molecular weight excluding hydrogens is 439 g/mol. The van der Waals surface area contributed by atoms with E-state index in [1.54, 1.807) is 18.3 Å². The highest BCUT2D eigenvalue weighted by Crippen LogP contribution is 2.49. The van der Waals surface area contributed by atoms with Crippen LogP contribution in [0.15, 0.2) is 65.1 Å². The number of benzene rings is 1. The summed E-state index contributed by atoms with van der Waals surface area (Å²) in [6.07, 6.45) is 9.34. The van der Waals surface area contributed by atoms with Crippen LogP contribution in [-0.2, 0) is 10.0 Å². The lowest BCUT2D eigenvalue weighted by Gasteiger charge is -2.34. The van der Waals surface area contributed by atoms with E-state index in [0.29, 0.717) is 4.91 Å². The average molecular weight is 454 g/mol. The Balaban J connectivity index is 1.95. The molecular formula is C15H15Cl3N4O2S2. The SMILES string of the molecule is CN1C=CN(C2SC(C(Cl)(Cl)Cl)=CN2c2ccc(S(N)(=O)=O)cc2)C=C1. The number of sulfonamides is 1. The molecule has 26 heavy (non-hydrogen) atoms. The molecule has 3 rings (SSSR count). The fourth-order valence-electron chi connectivity index (χ4n) is 2.36. The van der Waals surface area contributed by atoms with Crippen molar-refractivity contribution in [1.29, 1.82) is 0 Å². The Labute approximate surface area is 171 Å². The molecule has 0 aliphatic carbocycles. The van der Waals surface area contributed by atoms with Gasteiger partial charge in [-0.15, -0.1) is 0 Å². The molecule has 2 N–H and O–H groups in total. The predicted molar refractivity (Wildman–Crippen MR) is 108 cm³/mol. The first kappa shape index (κ1) is 19.7. The summed E-state index contributed by atoms with van der Waals surface area (Å²) in [6, 6.07) is 6.22. The Bertz CT molecular complexity index is 865. The predicted octanol–water partition coefficient (Wildman–Crippen LogP) is 3.57. The summed E-state index contributed by atoms with van der Waals surface area (Å²) in [5.41, 5.74) is 0.502. The molecule has 0 aromatic heterocycles. The minimum Gasteiger partial charge on any atom is -0.354 e. The molecule has 0 bridgehead atoms. The van der Waals surface area contributed by atoms with Gasteiger partial charge in [0.15, 0.2) is 5.50 Å². The van der Waals surface area contributed by atoms with E-state index < -0.39 is 13.8 Å². The number of allylic oxidation sites excluding steroid dienone is 1. The number of hydrogen-bond donors (Lipinski definition) is 1. The number of nitrogens with two attached hydrogens (primary N) is 1. The first-order valence-electron chi connectivity index (χ1n) is 7.28. The molecule has 1 aromatic carbocycles. The molecule has 1 atom stereocenters. The second kappa shape index (κ2) is 7.18. The van der Waals surface area contributed by atoms with E-state index in [1.165, 1.54) is 23.9 Å². The summed E-state index contributed by atoms with van der Waals surface area (Å²) in [5, 5.41) is 5.16. The molecule has 1 unspecified atom stereocenters. The maximum absolute atomic E-state index is 11.5. The van der Waals surface area contributed by atoms with Crippen LogP contribution in [0.2, 0.25) is 0 Å². The van der Waals surface area contributed by atoms with Crippen molar-refractivity contribution in [3.8, 4) is 0 Å². The highest BCUT2D eigenvalue weighted by atomic mass is 35.6. The normalized spacial score (nSPS) is 20.7. The van der Waals surface area contributed by atoms with Crippen LogP contribution in [0, 0.1) is 0 Å². The summed E-state index contributed by atoms with van der Waals surface area (Å²) >= 11 is 19.6. The molecule has 0 saturated carbocycles. The van der Waals surface area contributed by atoms with Crippen LogP contribution in [0.1, 0.15) is 0 Å². The van der Waals surface area contributed by atoms with Crippen LogP contribution < -0.4 is 10.0 Å². The van der Waals surface area contributed by atoms with Crippen molar-refractivity contribution in [2.75, 3.05) is 11.9 Å². The number of halogens is 3. The lowest BCUT2D eigenvalue weighted by molar-refractivity contribution is 0.436. The van der Waals surface area contributed by atoms with Crippen molar-refractivity contribution in [3.05, 3.63) is 60.2 Å². The summed E-state index contributed by atoms with van der Waals surface area (Å²) in [4.78, 5) is 6.36. The minimum atomic E-state index is -3.76. The smallest absolute Gasteiger partial charge is 0.238 e. The van der Waals surface area contributed by atoms with Crippen LogP contribution >= 0.6 is 46.6 Å². The Morgan fingerprint density at radius 1 is 1.08 bits per heavy atom. The highest BCUT2D eigenvalue weighted by molar-refractivity contribution is 8.04. The van der Waals surface area contributed by atoms with E-state index in [1.807, 2.05) is 46.5 Å². The standard InChI is InChI=1S/C15H15Cl3N4O2S2/c1-20-6-8-21(9-7-20)14-22(10-13(25-14)15(16,17)18)11-2-4-12(5-3-11)26(19,23)24/h2-10,14H,1H3,(H2,19,23,24). The van der Waals surface area contributed by atoms with E-state index in [4.69, 9.17) is 39.9 Å². The molecule has 140 valence electrons. The van der Waals surface area contributed by atoms with E-state index in [0.717, 1.165) is 5.69 Å². The van der Waals surface area contributed by atoms with E-state index in [-0.39, 0.29) is 10.4 Å². The third-order valence-electron chi connectivity index (χ3n) is 3.67. The molecule has 6 nitrogen and oxygen atoms in total. The van der Waals surface area contributed by atoms with Gasteiger partial charge in [0.25, 0.3) is 0 Å². The highest BCUT2D eigenvalue weighted by Gasteiger charge is 2.38. The number of thioether (sulfide) groups is 1. The fourth-order valence-corrected chi connectivity index (χ4v) is 4.51. The lowest BCUT2D eigenvalue weighted by Crippen LogP contribution is -2.37. The lowest BCUT2D eigenvalue weighted by atomic mass is 10.3.